The van der Waals surface area contributed by atoms with Crippen LogP contribution >= 0.6 is 0 Å². The van der Waals surface area contributed by atoms with Gasteiger partial charge < -0.3 is 24.4 Å². The molecule has 2 aliphatic rings. The number of amides is 1. The number of hydrogen-bond acceptors (Lipinski definition) is 8. The molecule has 2 aliphatic heterocycles. The number of fused-ring (bicyclic) bond motifs is 1. The van der Waals surface area contributed by atoms with Gasteiger partial charge in [-0.2, -0.15) is 0 Å². The monoisotopic (exact) mass is 467 g/mol. The molecule has 1 saturated heterocycles. The van der Waals surface area contributed by atoms with Gasteiger partial charge in [-0.15, -0.1) is 0 Å². The highest BCUT2D eigenvalue weighted by Gasteiger charge is 2.46. The van der Waals surface area contributed by atoms with Crippen LogP contribution in [0.4, 0.5) is 5.69 Å². The topological polar surface area (TPSA) is 122 Å². The molecule has 2 aromatic rings. The number of Topliss-reactive ketones (excluding diaryl/α,β-unsaturated/α-hetero) is 1. The summed E-state index contributed by atoms with van der Waals surface area (Å²) in [6.45, 7) is 1.74. The molecule has 0 saturated carbocycles. The first kappa shape index (κ1) is 23.2. The molecule has 10 heteroatoms. The normalized spacial score (nSPS) is 19.0. The molecule has 1 amide bonds. The molecule has 0 aromatic heterocycles. The van der Waals surface area contributed by atoms with Crippen LogP contribution in [-0.4, -0.2) is 71.9 Å². The molecule has 178 valence electrons. The maximum Gasteiger partial charge on any atom is 0.295 e. The van der Waals surface area contributed by atoms with Crippen LogP contribution in [0, 0.1) is 10.1 Å². The Morgan fingerprint density at radius 1 is 1.12 bits per heavy atom. The second-order valence-corrected chi connectivity index (χ2v) is 8.36. The Labute approximate surface area is 196 Å². The first-order valence-corrected chi connectivity index (χ1v) is 10.9. The van der Waals surface area contributed by atoms with Gasteiger partial charge in [0.1, 0.15) is 19.0 Å². The molecule has 0 radical (unpaired) electrons. The van der Waals surface area contributed by atoms with Gasteiger partial charge in [-0.1, -0.05) is 0 Å². The Hall–Kier alpha value is -3.92. The van der Waals surface area contributed by atoms with Crippen LogP contribution in [0.1, 0.15) is 23.6 Å². The highest BCUT2D eigenvalue weighted by atomic mass is 16.6. The number of aliphatic hydroxyl groups excluding tert-OH is 1. The number of hydrogen-bond donors (Lipinski definition) is 1. The van der Waals surface area contributed by atoms with Gasteiger partial charge >= 0.3 is 0 Å². The van der Waals surface area contributed by atoms with Crippen LogP contribution < -0.4 is 9.47 Å². The molecule has 10 nitrogen and oxygen atoms in total. The van der Waals surface area contributed by atoms with Crippen LogP contribution in [0.15, 0.2) is 48.0 Å². The fraction of sp³-hybridized carbons (Fsp3) is 0.333. The maximum absolute atomic E-state index is 13.1. The van der Waals surface area contributed by atoms with Crippen molar-refractivity contribution in [2.24, 2.45) is 0 Å². The van der Waals surface area contributed by atoms with Gasteiger partial charge in [0.05, 0.1) is 16.5 Å². The summed E-state index contributed by atoms with van der Waals surface area (Å²) in [6.07, 6.45) is 0.605. The molecule has 4 rings (SSSR count). The Balaban J connectivity index is 1.78. The van der Waals surface area contributed by atoms with E-state index in [1.165, 1.54) is 29.2 Å². The van der Waals surface area contributed by atoms with E-state index in [1.807, 2.05) is 19.0 Å². The van der Waals surface area contributed by atoms with Gasteiger partial charge in [-0.25, -0.2) is 0 Å². The van der Waals surface area contributed by atoms with Crippen LogP contribution in [0.3, 0.4) is 0 Å². The van der Waals surface area contributed by atoms with E-state index in [1.54, 1.807) is 18.2 Å². The van der Waals surface area contributed by atoms with E-state index < -0.39 is 22.7 Å². The SMILES string of the molecule is CN(C)CCCN1C(=O)C(=O)/C(=C(/O)c2ccc3c(c2)OCCO3)[C@@H]1c1ccc([N+](=O)[O-])cc1. The molecule has 1 N–H and O–H groups in total. The number of rotatable bonds is 7. The Morgan fingerprint density at radius 2 is 1.79 bits per heavy atom. The van der Waals surface area contributed by atoms with Crippen LogP contribution in [0.2, 0.25) is 0 Å². The van der Waals surface area contributed by atoms with E-state index in [9.17, 15) is 24.8 Å². The van der Waals surface area contributed by atoms with Crippen LogP contribution in [0.25, 0.3) is 5.76 Å². The fourth-order valence-corrected chi connectivity index (χ4v) is 4.14. The third-order valence-electron chi connectivity index (χ3n) is 5.78. The predicted octanol–water partition coefficient (Wildman–Crippen LogP) is 2.74. The highest BCUT2D eigenvalue weighted by Crippen LogP contribution is 2.41. The van der Waals surface area contributed by atoms with Crippen molar-refractivity contribution < 1.29 is 29.1 Å². The number of nitrogens with zero attached hydrogens (tertiary/aromatic N) is 3. The highest BCUT2D eigenvalue weighted by molar-refractivity contribution is 6.46. The zero-order valence-electron chi connectivity index (χ0n) is 18.9. The molecule has 34 heavy (non-hydrogen) atoms. The summed E-state index contributed by atoms with van der Waals surface area (Å²) in [6, 6.07) is 9.56. The lowest BCUT2D eigenvalue weighted by Gasteiger charge is -2.26. The molecular formula is C24H25N3O7. The van der Waals surface area contributed by atoms with E-state index in [2.05, 4.69) is 0 Å². The molecule has 2 aromatic carbocycles. The number of carbonyl (C=O) groups excluding carboxylic acids is 2. The molecule has 1 atom stereocenters. The Kier molecular flexibility index (Phi) is 6.51. The smallest absolute Gasteiger partial charge is 0.295 e. The summed E-state index contributed by atoms with van der Waals surface area (Å²) in [5.74, 6) is -0.906. The summed E-state index contributed by atoms with van der Waals surface area (Å²) in [5, 5.41) is 22.3. The quantitative estimate of drug-likeness (QED) is 0.217. The minimum absolute atomic E-state index is 0.0691. The number of nitro groups is 1. The van der Waals surface area contributed by atoms with E-state index >= 15 is 0 Å². The van der Waals surface area contributed by atoms with Crippen molar-refractivity contribution >= 4 is 23.1 Å². The lowest BCUT2D eigenvalue weighted by molar-refractivity contribution is -0.384. The number of non-ortho nitro benzene ring substituents is 1. The van der Waals surface area contributed by atoms with Crippen molar-refractivity contribution in [3.63, 3.8) is 0 Å². The van der Waals surface area contributed by atoms with Crippen molar-refractivity contribution in [3.8, 4) is 11.5 Å². The third-order valence-corrected chi connectivity index (χ3v) is 5.78. The standard InChI is InChI=1S/C24H25N3O7/c1-25(2)10-3-11-26-21(15-4-7-17(8-5-15)27(31)32)20(23(29)24(26)30)22(28)16-6-9-18-19(14-16)34-13-12-33-18/h4-9,14,21,28H,3,10-13H2,1-2H3/b22-20+/t21-/m0/s1. The van der Waals surface area contributed by atoms with E-state index in [-0.39, 0.29) is 23.6 Å². The first-order chi connectivity index (χ1) is 16.3. The average molecular weight is 467 g/mol. The zero-order valence-corrected chi connectivity index (χ0v) is 18.9. The van der Waals surface area contributed by atoms with Gasteiger partial charge in [-0.3, -0.25) is 19.7 Å². The molecule has 0 aliphatic carbocycles. The molecular weight excluding hydrogens is 442 g/mol. The number of ether oxygens (including phenoxy) is 2. The van der Waals surface area contributed by atoms with Gasteiger partial charge in [0, 0.05) is 24.2 Å². The van der Waals surface area contributed by atoms with Crippen molar-refractivity contribution in [3.05, 3.63) is 69.3 Å². The second kappa shape index (κ2) is 9.52. The summed E-state index contributed by atoms with van der Waals surface area (Å²) < 4.78 is 11.1. The minimum atomic E-state index is -0.879. The molecule has 0 spiro atoms. The van der Waals surface area contributed by atoms with Gasteiger partial charge in [-0.05, 0) is 63.0 Å². The fourth-order valence-electron chi connectivity index (χ4n) is 4.14. The number of carbonyl (C=O) groups is 2. The van der Waals surface area contributed by atoms with Gasteiger partial charge in [0.15, 0.2) is 11.5 Å². The van der Waals surface area contributed by atoms with Crippen molar-refractivity contribution in [1.29, 1.82) is 0 Å². The molecule has 2 heterocycles. The van der Waals surface area contributed by atoms with Crippen LogP contribution in [-0.2, 0) is 9.59 Å². The van der Waals surface area contributed by atoms with Crippen molar-refractivity contribution in [2.45, 2.75) is 12.5 Å². The van der Waals surface area contributed by atoms with E-state index in [0.29, 0.717) is 48.8 Å². The minimum Gasteiger partial charge on any atom is -0.507 e. The summed E-state index contributed by atoms with van der Waals surface area (Å²) in [4.78, 5) is 40.0. The number of aliphatic hydroxyl groups is 1. The maximum atomic E-state index is 13.1. The van der Waals surface area contributed by atoms with E-state index in [0.717, 1.165) is 0 Å². The Bertz CT molecular complexity index is 1160. The largest absolute Gasteiger partial charge is 0.507 e. The summed E-state index contributed by atoms with van der Waals surface area (Å²) in [5.41, 5.74) is 0.622. The summed E-state index contributed by atoms with van der Waals surface area (Å²) in [7, 11) is 3.81. The number of ketones is 1. The molecule has 1 fully saturated rings. The van der Waals surface area contributed by atoms with Crippen LogP contribution in [0.5, 0.6) is 11.5 Å². The lowest BCUT2D eigenvalue weighted by Crippen LogP contribution is -2.32. The van der Waals surface area contributed by atoms with Crippen molar-refractivity contribution in [1.82, 2.24) is 9.80 Å². The number of benzene rings is 2. The third kappa shape index (κ3) is 4.44. The van der Waals surface area contributed by atoms with Crippen molar-refractivity contribution in [2.75, 3.05) is 40.4 Å². The van der Waals surface area contributed by atoms with Gasteiger partial charge in [0.25, 0.3) is 17.4 Å². The number of likely N-dealkylation sites (tertiary alicyclic amines) is 1. The average Bonchev–Trinajstić information content (AvgIpc) is 3.08. The lowest BCUT2D eigenvalue weighted by atomic mass is 9.95. The Morgan fingerprint density at radius 3 is 2.44 bits per heavy atom. The first-order valence-electron chi connectivity index (χ1n) is 10.9. The van der Waals surface area contributed by atoms with Gasteiger partial charge in [0.2, 0.25) is 0 Å². The summed E-state index contributed by atoms with van der Waals surface area (Å²) >= 11 is 0. The van der Waals surface area contributed by atoms with E-state index in [4.69, 9.17) is 9.47 Å². The second-order valence-electron chi connectivity index (χ2n) is 8.36. The molecule has 0 bridgehead atoms. The molecule has 0 unspecified atom stereocenters. The number of nitro benzene ring substituents is 1. The zero-order chi connectivity index (χ0) is 24.4. The predicted molar refractivity (Wildman–Crippen MR) is 123 cm³/mol.